The summed E-state index contributed by atoms with van der Waals surface area (Å²) in [4.78, 5) is 15.5. The van der Waals surface area contributed by atoms with Crippen LogP contribution < -0.4 is 9.80 Å². The largest absolute Gasteiger partial charge is 0.377 e. The maximum atomic E-state index is 11.3. The molecule has 1 aromatic carbocycles. The molecule has 1 saturated heterocycles. The molecule has 1 aromatic rings. The first-order valence-electron chi connectivity index (χ1n) is 5.62. The summed E-state index contributed by atoms with van der Waals surface area (Å²) in [6.45, 7) is 3.53. The smallest absolute Gasteiger partial charge is 0.153 e. The minimum atomic E-state index is 0.340. The average molecular weight is 218 g/mol. The van der Waals surface area contributed by atoms with E-state index in [-0.39, 0.29) is 0 Å². The van der Waals surface area contributed by atoms with Gasteiger partial charge in [0.1, 0.15) is 0 Å². The lowest BCUT2D eigenvalue weighted by molar-refractivity contribution is -0.116. The van der Waals surface area contributed by atoms with E-state index in [0.717, 1.165) is 12.2 Å². The topological polar surface area (TPSA) is 23.6 Å². The van der Waals surface area contributed by atoms with E-state index in [2.05, 4.69) is 34.9 Å². The van der Waals surface area contributed by atoms with Crippen LogP contribution in [0.1, 0.15) is 12.0 Å². The number of ketones is 1. The van der Waals surface area contributed by atoms with Crippen LogP contribution in [0.15, 0.2) is 18.2 Å². The first-order valence-corrected chi connectivity index (χ1v) is 5.62. The number of carbonyl (C=O) groups is 1. The van der Waals surface area contributed by atoms with E-state index in [4.69, 9.17) is 0 Å². The molecule has 0 N–H and O–H groups in total. The number of hydrogen-bond acceptors (Lipinski definition) is 3. The van der Waals surface area contributed by atoms with Gasteiger partial charge in [-0.2, -0.15) is 0 Å². The van der Waals surface area contributed by atoms with Gasteiger partial charge in [0.05, 0.1) is 6.54 Å². The zero-order chi connectivity index (χ0) is 11.7. The Hall–Kier alpha value is -1.51. The molecule has 86 valence electrons. The standard InChI is InChI=1S/C13H18N2O/c1-10-4-5-11(8-13(10)14(2)3)15-7-6-12(16)9-15/h4-5,8H,6-7,9H2,1-3H3. The fraction of sp³-hybridized carbons (Fsp3) is 0.462. The van der Waals surface area contributed by atoms with Crippen LogP contribution in [0.4, 0.5) is 11.4 Å². The summed E-state index contributed by atoms with van der Waals surface area (Å²) < 4.78 is 0. The van der Waals surface area contributed by atoms with Crippen molar-refractivity contribution in [2.24, 2.45) is 0 Å². The molecule has 0 aromatic heterocycles. The fourth-order valence-electron chi connectivity index (χ4n) is 2.13. The highest BCUT2D eigenvalue weighted by molar-refractivity contribution is 5.87. The molecule has 0 unspecified atom stereocenters. The molecule has 3 nitrogen and oxygen atoms in total. The molecule has 16 heavy (non-hydrogen) atoms. The average Bonchev–Trinajstić information content (AvgIpc) is 2.65. The molecule has 0 atom stereocenters. The predicted octanol–water partition coefficient (Wildman–Crippen LogP) is 1.84. The van der Waals surface area contributed by atoms with Gasteiger partial charge in [-0.05, 0) is 24.6 Å². The van der Waals surface area contributed by atoms with Gasteiger partial charge in [0, 0.05) is 38.4 Å². The van der Waals surface area contributed by atoms with Crippen LogP contribution in [0, 0.1) is 6.92 Å². The first kappa shape index (κ1) is 11.0. The van der Waals surface area contributed by atoms with Gasteiger partial charge in [-0.1, -0.05) is 6.07 Å². The Morgan fingerprint density at radius 1 is 1.31 bits per heavy atom. The third-order valence-corrected chi connectivity index (χ3v) is 3.07. The van der Waals surface area contributed by atoms with Crippen LogP contribution in [0.5, 0.6) is 0 Å². The number of anilines is 2. The Morgan fingerprint density at radius 2 is 2.06 bits per heavy atom. The molecule has 3 heteroatoms. The van der Waals surface area contributed by atoms with Crippen LogP contribution in [-0.2, 0) is 4.79 Å². The van der Waals surface area contributed by atoms with Gasteiger partial charge in [-0.25, -0.2) is 0 Å². The second kappa shape index (κ2) is 4.16. The summed E-state index contributed by atoms with van der Waals surface area (Å²) in [5.41, 5.74) is 3.64. The Labute approximate surface area is 96.7 Å². The first-order chi connectivity index (χ1) is 7.58. The SMILES string of the molecule is Cc1ccc(N2CCC(=O)C2)cc1N(C)C. The number of Topliss-reactive ketones (excluding diaryl/α,β-unsaturated/α-hetero) is 1. The van der Waals surface area contributed by atoms with Crippen molar-refractivity contribution in [2.45, 2.75) is 13.3 Å². The Kier molecular flexibility index (Phi) is 2.86. The van der Waals surface area contributed by atoms with E-state index in [0.29, 0.717) is 18.7 Å². The van der Waals surface area contributed by atoms with Gasteiger partial charge in [0.2, 0.25) is 0 Å². The molecular weight excluding hydrogens is 200 g/mol. The molecule has 0 amide bonds. The maximum Gasteiger partial charge on any atom is 0.153 e. The van der Waals surface area contributed by atoms with E-state index in [9.17, 15) is 4.79 Å². The van der Waals surface area contributed by atoms with E-state index >= 15 is 0 Å². The minimum Gasteiger partial charge on any atom is -0.377 e. The summed E-state index contributed by atoms with van der Waals surface area (Å²) in [5, 5.41) is 0. The van der Waals surface area contributed by atoms with Crippen LogP contribution in [0.3, 0.4) is 0 Å². The Morgan fingerprint density at radius 3 is 2.62 bits per heavy atom. The second-order valence-electron chi connectivity index (χ2n) is 4.58. The summed E-state index contributed by atoms with van der Waals surface area (Å²) >= 11 is 0. The normalized spacial score (nSPS) is 15.7. The van der Waals surface area contributed by atoms with Crippen molar-refractivity contribution in [1.82, 2.24) is 0 Å². The molecule has 0 saturated carbocycles. The number of aryl methyl sites for hydroxylation is 1. The highest BCUT2D eigenvalue weighted by Crippen LogP contribution is 2.26. The molecular formula is C13H18N2O. The van der Waals surface area contributed by atoms with Crippen molar-refractivity contribution in [3.8, 4) is 0 Å². The lowest BCUT2D eigenvalue weighted by atomic mass is 10.1. The molecule has 2 rings (SSSR count). The Balaban J connectivity index is 2.29. The van der Waals surface area contributed by atoms with Gasteiger partial charge in [0.25, 0.3) is 0 Å². The van der Waals surface area contributed by atoms with Crippen molar-refractivity contribution in [3.05, 3.63) is 23.8 Å². The predicted molar refractivity (Wildman–Crippen MR) is 67.3 cm³/mol. The zero-order valence-electron chi connectivity index (χ0n) is 10.2. The zero-order valence-corrected chi connectivity index (χ0v) is 10.2. The van der Waals surface area contributed by atoms with Crippen LogP contribution in [0.25, 0.3) is 0 Å². The molecule has 0 radical (unpaired) electrons. The van der Waals surface area contributed by atoms with Gasteiger partial charge >= 0.3 is 0 Å². The number of carbonyl (C=O) groups excluding carboxylic acids is 1. The number of nitrogens with zero attached hydrogens (tertiary/aromatic N) is 2. The summed E-state index contributed by atoms with van der Waals surface area (Å²) in [6.07, 6.45) is 0.686. The van der Waals surface area contributed by atoms with E-state index in [1.807, 2.05) is 14.1 Å². The highest BCUT2D eigenvalue weighted by Gasteiger charge is 2.20. The second-order valence-corrected chi connectivity index (χ2v) is 4.58. The van der Waals surface area contributed by atoms with Crippen LogP contribution in [0.2, 0.25) is 0 Å². The van der Waals surface area contributed by atoms with E-state index in [1.54, 1.807) is 0 Å². The van der Waals surface area contributed by atoms with Crippen molar-refractivity contribution in [3.63, 3.8) is 0 Å². The number of hydrogen-bond donors (Lipinski definition) is 0. The minimum absolute atomic E-state index is 0.340. The van der Waals surface area contributed by atoms with Crippen molar-refractivity contribution in [1.29, 1.82) is 0 Å². The third-order valence-electron chi connectivity index (χ3n) is 3.07. The van der Waals surface area contributed by atoms with E-state index in [1.165, 1.54) is 11.3 Å². The van der Waals surface area contributed by atoms with Gasteiger partial charge in [0.15, 0.2) is 5.78 Å². The lowest BCUT2D eigenvalue weighted by Gasteiger charge is -2.21. The number of benzene rings is 1. The fourth-order valence-corrected chi connectivity index (χ4v) is 2.13. The quantitative estimate of drug-likeness (QED) is 0.756. The summed E-state index contributed by atoms with van der Waals surface area (Å²) in [7, 11) is 4.09. The van der Waals surface area contributed by atoms with Gasteiger partial charge in [-0.3, -0.25) is 4.79 Å². The van der Waals surface area contributed by atoms with Crippen molar-refractivity contribution < 1.29 is 4.79 Å². The number of rotatable bonds is 2. The van der Waals surface area contributed by atoms with Crippen molar-refractivity contribution in [2.75, 3.05) is 37.0 Å². The highest BCUT2D eigenvalue weighted by atomic mass is 16.1. The molecule has 1 aliphatic rings. The third kappa shape index (κ3) is 2.03. The monoisotopic (exact) mass is 218 g/mol. The van der Waals surface area contributed by atoms with Gasteiger partial charge < -0.3 is 9.80 Å². The summed E-state index contributed by atoms with van der Waals surface area (Å²) in [6, 6.07) is 6.38. The van der Waals surface area contributed by atoms with Crippen molar-refractivity contribution >= 4 is 17.2 Å². The molecule has 1 heterocycles. The molecule has 0 bridgehead atoms. The maximum absolute atomic E-state index is 11.3. The lowest BCUT2D eigenvalue weighted by Crippen LogP contribution is -2.20. The molecule has 1 aliphatic heterocycles. The van der Waals surface area contributed by atoms with Crippen LogP contribution >= 0.6 is 0 Å². The molecule has 1 fully saturated rings. The van der Waals surface area contributed by atoms with Crippen LogP contribution in [-0.4, -0.2) is 33.0 Å². The Bertz CT molecular complexity index is 412. The molecule has 0 spiro atoms. The summed E-state index contributed by atoms with van der Waals surface area (Å²) in [5.74, 6) is 0.340. The van der Waals surface area contributed by atoms with Gasteiger partial charge in [-0.15, -0.1) is 0 Å². The van der Waals surface area contributed by atoms with E-state index < -0.39 is 0 Å². The molecule has 0 aliphatic carbocycles.